The van der Waals surface area contributed by atoms with Gasteiger partial charge in [0.15, 0.2) is 21.5 Å². The van der Waals surface area contributed by atoms with Gasteiger partial charge in [0, 0.05) is 12.1 Å². The predicted octanol–water partition coefficient (Wildman–Crippen LogP) is 3.71. The van der Waals surface area contributed by atoms with E-state index in [9.17, 15) is 4.79 Å². The van der Waals surface area contributed by atoms with Crippen molar-refractivity contribution < 1.29 is 9.21 Å². The maximum atomic E-state index is 12.2. The minimum atomic E-state index is -0.331. The van der Waals surface area contributed by atoms with Crippen LogP contribution in [0.5, 0.6) is 0 Å². The number of hydrogen-bond acceptors (Lipinski definition) is 6. The van der Waals surface area contributed by atoms with Crippen molar-refractivity contribution in [3.8, 4) is 10.7 Å². The second kappa shape index (κ2) is 6.54. The van der Waals surface area contributed by atoms with Crippen LogP contribution in [-0.4, -0.2) is 25.7 Å². The minimum Gasteiger partial charge on any atom is -0.459 e. The first-order valence-electron chi connectivity index (χ1n) is 7.10. The summed E-state index contributed by atoms with van der Waals surface area (Å²) in [7, 11) is 0. The summed E-state index contributed by atoms with van der Waals surface area (Å²) in [5, 5.41) is 10.3. The third kappa shape index (κ3) is 2.95. The lowest BCUT2D eigenvalue weighted by molar-refractivity contribution is 0.0996. The number of H-pyrrole nitrogens is 1. The van der Waals surface area contributed by atoms with Crippen molar-refractivity contribution in [2.45, 2.75) is 20.4 Å². The standard InChI is InChI=1S/C15H15N5O2S2/c1-4-6-20-12(18-19-15(20)23)11-9(3)16-14(24-11)17-13(21)10-8(2)5-7-22-10/h4-5,7H,1,6H2,2-3H3,(H,19,23)(H,16,17,21). The number of aromatic nitrogens is 4. The molecule has 9 heteroatoms. The van der Waals surface area contributed by atoms with E-state index < -0.39 is 0 Å². The highest BCUT2D eigenvalue weighted by Crippen LogP contribution is 2.32. The number of nitrogens with one attached hydrogen (secondary N) is 2. The molecule has 3 heterocycles. The Morgan fingerprint density at radius 2 is 2.38 bits per heavy atom. The quantitative estimate of drug-likeness (QED) is 0.534. The van der Waals surface area contributed by atoms with Crippen LogP contribution >= 0.6 is 23.6 Å². The minimum absolute atomic E-state index is 0.277. The number of allylic oxidation sites excluding steroid dienone is 1. The summed E-state index contributed by atoms with van der Waals surface area (Å²) >= 11 is 6.55. The normalized spacial score (nSPS) is 10.8. The van der Waals surface area contributed by atoms with Gasteiger partial charge in [-0.25, -0.2) is 4.98 Å². The third-order valence-electron chi connectivity index (χ3n) is 3.36. The average Bonchev–Trinajstić information content (AvgIpc) is 3.21. The Bertz CT molecular complexity index is 963. The number of nitrogens with zero attached hydrogens (tertiary/aromatic N) is 3. The molecule has 0 aliphatic heterocycles. The van der Waals surface area contributed by atoms with Crippen LogP contribution in [0, 0.1) is 18.6 Å². The molecule has 0 saturated heterocycles. The molecule has 0 spiro atoms. The number of hydrogen-bond donors (Lipinski definition) is 2. The van der Waals surface area contributed by atoms with Crippen LogP contribution in [-0.2, 0) is 6.54 Å². The maximum Gasteiger partial charge on any atom is 0.293 e. The molecule has 0 aromatic carbocycles. The van der Waals surface area contributed by atoms with E-state index in [-0.39, 0.29) is 11.7 Å². The van der Waals surface area contributed by atoms with E-state index in [1.54, 1.807) is 12.1 Å². The van der Waals surface area contributed by atoms with Crippen molar-refractivity contribution in [3.63, 3.8) is 0 Å². The zero-order valence-electron chi connectivity index (χ0n) is 13.1. The van der Waals surface area contributed by atoms with Crippen LogP contribution in [0.15, 0.2) is 29.4 Å². The van der Waals surface area contributed by atoms with Gasteiger partial charge in [0.2, 0.25) is 0 Å². The molecule has 0 fully saturated rings. The van der Waals surface area contributed by atoms with Crippen molar-refractivity contribution in [1.82, 2.24) is 19.7 Å². The van der Waals surface area contributed by atoms with Gasteiger partial charge in [-0.2, -0.15) is 5.10 Å². The van der Waals surface area contributed by atoms with Gasteiger partial charge in [-0.3, -0.25) is 19.8 Å². The summed E-state index contributed by atoms with van der Waals surface area (Å²) in [6, 6.07) is 1.74. The number of aryl methyl sites for hydroxylation is 2. The van der Waals surface area contributed by atoms with E-state index in [2.05, 4.69) is 27.1 Å². The monoisotopic (exact) mass is 361 g/mol. The van der Waals surface area contributed by atoms with Crippen molar-refractivity contribution >= 4 is 34.6 Å². The largest absolute Gasteiger partial charge is 0.459 e. The van der Waals surface area contributed by atoms with E-state index in [1.165, 1.54) is 17.6 Å². The highest BCUT2D eigenvalue weighted by Gasteiger charge is 2.19. The second-order valence-corrected chi connectivity index (χ2v) is 6.46. The van der Waals surface area contributed by atoms with Gasteiger partial charge in [-0.15, -0.1) is 6.58 Å². The summed E-state index contributed by atoms with van der Waals surface area (Å²) in [4.78, 5) is 17.5. The van der Waals surface area contributed by atoms with Crippen LogP contribution < -0.4 is 5.32 Å². The van der Waals surface area contributed by atoms with Gasteiger partial charge in [-0.1, -0.05) is 17.4 Å². The van der Waals surface area contributed by atoms with E-state index in [0.29, 0.717) is 22.3 Å². The molecule has 0 bridgehead atoms. The van der Waals surface area contributed by atoms with Crippen molar-refractivity contribution in [1.29, 1.82) is 0 Å². The Labute approximate surface area is 147 Å². The lowest BCUT2D eigenvalue weighted by atomic mass is 10.3. The molecular formula is C15H15N5O2S2. The number of rotatable bonds is 5. The summed E-state index contributed by atoms with van der Waals surface area (Å²) < 4.78 is 7.53. The van der Waals surface area contributed by atoms with Crippen LogP contribution in [0.4, 0.5) is 5.13 Å². The molecule has 0 aliphatic rings. The van der Waals surface area contributed by atoms with Crippen molar-refractivity contribution in [2.24, 2.45) is 0 Å². The number of thiazole rings is 1. The number of amides is 1. The topological polar surface area (TPSA) is 88.7 Å². The Balaban J connectivity index is 1.91. The Kier molecular flexibility index (Phi) is 4.45. The average molecular weight is 361 g/mol. The van der Waals surface area contributed by atoms with Crippen molar-refractivity contribution in [2.75, 3.05) is 5.32 Å². The molecule has 3 aromatic heterocycles. The van der Waals surface area contributed by atoms with E-state index >= 15 is 0 Å². The first-order valence-corrected chi connectivity index (χ1v) is 8.33. The lowest BCUT2D eigenvalue weighted by Gasteiger charge is -2.01. The van der Waals surface area contributed by atoms with Crippen molar-refractivity contribution in [3.05, 3.63) is 46.8 Å². The number of carbonyl (C=O) groups is 1. The first-order chi connectivity index (χ1) is 11.5. The van der Waals surface area contributed by atoms with Crippen LogP contribution in [0.1, 0.15) is 21.8 Å². The third-order valence-corrected chi connectivity index (χ3v) is 4.74. The van der Waals surface area contributed by atoms with E-state index in [1.807, 2.05) is 18.4 Å². The van der Waals surface area contributed by atoms with Gasteiger partial charge in [-0.05, 0) is 32.1 Å². The molecule has 0 unspecified atom stereocenters. The fraction of sp³-hybridized carbons (Fsp3) is 0.200. The Hall–Kier alpha value is -2.52. The highest BCUT2D eigenvalue weighted by molar-refractivity contribution is 7.71. The molecule has 3 aromatic rings. The summed E-state index contributed by atoms with van der Waals surface area (Å²) in [5.74, 6) is 0.617. The van der Waals surface area contributed by atoms with Crippen LogP contribution in [0.25, 0.3) is 10.7 Å². The molecular weight excluding hydrogens is 346 g/mol. The molecule has 1 amide bonds. The number of carbonyl (C=O) groups excluding carboxylic acids is 1. The summed E-state index contributed by atoms with van der Waals surface area (Å²) in [6.45, 7) is 7.93. The summed E-state index contributed by atoms with van der Waals surface area (Å²) in [5.41, 5.74) is 1.53. The van der Waals surface area contributed by atoms with Crippen LogP contribution in [0.2, 0.25) is 0 Å². The summed E-state index contributed by atoms with van der Waals surface area (Å²) in [6.07, 6.45) is 3.23. The van der Waals surface area contributed by atoms with E-state index in [0.717, 1.165) is 16.1 Å². The fourth-order valence-electron chi connectivity index (χ4n) is 2.21. The smallest absolute Gasteiger partial charge is 0.293 e. The number of furan rings is 1. The molecule has 124 valence electrons. The first kappa shape index (κ1) is 16.3. The van der Waals surface area contributed by atoms with E-state index in [4.69, 9.17) is 16.6 Å². The Morgan fingerprint density at radius 1 is 1.58 bits per heavy atom. The molecule has 24 heavy (non-hydrogen) atoms. The lowest BCUT2D eigenvalue weighted by Crippen LogP contribution is -2.11. The van der Waals surface area contributed by atoms with Gasteiger partial charge >= 0.3 is 0 Å². The Morgan fingerprint density at radius 3 is 3.04 bits per heavy atom. The van der Waals surface area contributed by atoms with Gasteiger partial charge < -0.3 is 4.42 Å². The zero-order valence-corrected chi connectivity index (χ0v) is 14.8. The SMILES string of the molecule is C=CCn1c(-c2sc(NC(=O)c3occc3C)nc2C)n[nH]c1=S. The fourth-order valence-corrected chi connectivity index (χ4v) is 3.37. The number of anilines is 1. The predicted molar refractivity (Wildman–Crippen MR) is 94.9 cm³/mol. The number of aromatic amines is 1. The molecule has 0 aliphatic carbocycles. The van der Waals surface area contributed by atoms with Crippen LogP contribution in [0.3, 0.4) is 0 Å². The molecule has 2 N–H and O–H groups in total. The molecule has 0 radical (unpaired) electrons. The highest BCUT2D eigenvalue weighted by atomic mass is 32.1. The molecule has 3 rings (SSSR count). The second-order valence-electron chi connectivity index (χ2n) is 5.07. The molecule has 7 nitrogen and oxygen atoms in total. The molecule has 0 saturated carbocycles. The maximum absolute atomic E-state index is 12.2. The zero-order chi connectivity index (χ0) is 17.3. The molecule has 0 atom stereocenters. The van der Waals surface area contributed by atoms with Gasteiger partial charge in [0.05, 0.1) is 16.8 Å². The van der Waals surface area contributed by atoms with Gasteiger partial charge in [0.1, 0.15) is 0 Å². The van der Waals surface area contributed by atoms with Gasteiger partial charge in [0.25, 0.3) is 5.91 Å².